The number of benzene rings is 1. The number of anilines is 1. The first kappa shape index (κ1) is 11.2. The van der Waals surface area contributed by atoms with Crippen LogP contribution in [0, 0.1) is 0 Å². The van der Waals surface area contributed by atoms with Gasteiger partial charge >= 0.3 is 0 Å². The predicted octanol–water partition coefficient (Wildman–Crippen LogP) is 2.49. The van der Waals surface area contributed by atoms with Crippen molar-refractivity contribution in [3.05, 3.63) is 24.3 Å². The van der Waals surface area contributed by atoms with E-state index in [-0.39, 0.29) is 0 Å². The van der Waals surface area contributed by atoms with Crippen LogP contribution < -0.4 is 9.64 Å². The first-order valence-electron chi connectivity index (χ1n) is 4.63. The number of rotatable bonds is 5. The van der Waals surface area contributed by atoms with Gasteiger partial charge in [-0.2, -0.15) is 11.8 Å². The summed E-state index contributed by atoms with van der Waals surface area (Å²) in [5.41, 5.74) is 1.17. The highest BCUT2D eigenvalue weighted by atomic mass is 32.2. The molecule has 0 saturated heterocycles. The third-order valence-electron chi connectivity index (χ3n) is 1.89. The molecule has 1 aromatic carbocycles. The number of nitrogens with zero attached hydrogens (tertiary/aromatic N) is 1. The number of hydrogen-bond acceptors (Lipinski definition) is 3. The van der Waals surface area contributed by atoms with Crippen LogP contribution in [0.4, 0.5) is 5.69 Å². The predicted molar refractivity (Wildman–Crippen MR) is 64.6 cm³/mol. The summed E-state index contributed by atoms with van der Waals surface area (Å²) in [6.07, 6.45) is 2.08. The summed E-state index contributed by atoms with van der Waals surface area (Å²) >= 11 is 1.80. The van der Waals surface area contributed by atoms with E-state index < -0.39 is 0 Å². The van der Waals surface area contributed by atoms with Crippen LogP contribution in [0.2, 0.25) is 0 Å². The Balaban J connectivity index is 2.55. The molecule has 0 fully saturated rings. The number of thioether (sulfide) groups is 1. The lowest BCUT2D eigenvalue weighted by Gasteiger charge is -2.13. The summed E-state index contributed by atoms with van der Waals surface area (Å²) in [7, 11) is 4.06. The maximum absolute atomic E-state index is 5.59. The SMILES string of the molecule is CSCCOc1cccc(N(C)C)c1. The molecule has 0 spiro atoms. The minimum absolute atomic E-state index is 0.776. The highest BCUT2D eigenvalue weighted by Gasteiger charge is 1.97. The lowest BCUT2D eigenvalue weighted by atomic mass is 10.3. The molecule has 0 aromatic heterocycles. The van der Waals surface area contributed by atoms with E-state index in [1.165, 1.54) is 5.69 Å². The van der Waals surface area contributed by atoms with Crippen molar-refractivity contribution in [2.24, 2.45) is 0 Å². The van der Waals surface area contributed by atoms with Gasteiger partial charge in [-0.05, 0) is 18.4 Å². The molecule has 0 saturated carbocycles. The van der Waals surface area contributed by atoms with Crippen LogP contribution in [-0.2, 0) is 0 Å². The van der Waals surface area contributed by atoms with Crippen LogP contribution in [0.3, 0.4) is 0 Å². The van der Waals surface area contributed by atoms with Gasteiger partial charge in [-0.1, -0.05) is 6.07 Å². The molecule has 0 aliphatic rings. The van der Waals surface area contributed by atoms with Crippen molar-refractivity contribution in [2.45, 2.75) is 0 Å². The molecule has 0 radical (unpaired) electrons. The van der Waals surface area contributed by atoms with Crippen LogP contribution in [0.5, 0.6) is 5.75 Å². The van der Waals surface area contributed by atoms with Gasteiger partial charge in [0.1, 0.15) is 5.75 Å². The zero-order valence-electron chi connectivity index (χ0n) is 8.99. The molecule has 2 nitrogen and oxygen atoms in total. The van der Waals surface area contributed by atoms with Gasteiger partial charge in [0.15, 0.2) is 0 Å². The van der Waals surface area contributed by atoms with Crippen molar-refractivity contribution in [3.8, 4) is 5.75 Å². The topological polar surface area (TPSA) is 12.5 Å². The Morgan fingerprint density at radius 1 is 1.36 bits per heavy atom. The van der Waals surface area contributed by atoms with E-state index >= 15 is 0 Å². The normalized spacial score (nSPS) is 9.93. The highest BCUT2D eigenvalue weighted by Crippen LogP contribution is 2.19. The fourth-order valence-electron chi connectivity index (χ4n) is 1.09. The number of hydrogen-bond donors (Lipinski definition) is 0. The Morgan fingerprint density at radius 3 is 2.79 bits per heavy atom. The molecule has 0 aliphatic heterocycles. The average Bonchev–Trinajstić information content (AvgIpc) is 2.19. The summed E-state index contributed by atoms with van der Waals surface area (Å²) < 4.78 is 5.59. The molecule has 78 valence electrons. The summed E-state index contributed by atoms with van der Waals surface area (Å²) in [5.74, 6) is 1.98. The average molecular weight is 211 g/mol. The van der Waals surface area contributed by atoms with Crippen molar-refractivity contribution in [2.75, 3.05) is 37.6 Å². The molecule has 0 heterocycles. The lowest BCUT2D eigenvalue weighted by molar-refractivity contribution is 0.344. The molecular weight excluding hydrogens is 194 g/mol. The van der Waals surface area contributed by atoms with Crippen LogP contribution >= 0.6 is 11.8 Å². The number of ether oxygens (including phenoxy) is 1. The van der Waals surface area contributed by atoms with Gasteiger partial charge in [0.25, 0.3) is 0 Å². The molecule has 0 atom stereocenters. The fraction of sp³-hybridized carbons (Fsp3) is 0.455. The van der Waals surface area contributed by atoms with E-state index in [0.717, 1.165) is 18.1 Å². The first-order valence-corrected chi connectivity index (χ1v) is 6.02. The third-order valence-corrected chi connectivity index (χ3v) is 2.47. The molecule has 0 amide bonds. The quantitative estimate of drug-likeness (QED) is 0.694. The monoisotopic (exact) mass is 211 g/mol. The molecule has 0 N–H and O–H groups in total. The van der Waals surface area contributed by atoms with Crippen molar-refractivity contribution < 1.29 is 4.74 Å². The van der Waals surface area contributed by atoms with Gasteiger partial charge in [0.2, 0.25) is 0 Å². The Hall–Kier alpha value is -0.830. The maximum Gasteiger partial charge on any atom is 0.121 e. The van der Waals surface area contributed by atoms with Gasteiger partial charge in [-0.25, -0.2) is 0 Å². The van der Waals surface area contributed by atoms with Crippen LogP contribution in [0.15, 0.2) is 24.3 Å². The molecule has 0 aliphatic carbocycles. The van der Waals surface area contributed by atoms with E-state index in [4.69, 9.17) is 4.74 Å². The summed E-state index contributed by atoms with van der Waals surface area (Å²) in [6.45, 7) is 0.776. The summed E-state index contributed by atoms with van der Waals surface area (Å²) in [5, 5.41) is 0. The molecule has 1 rings (SSSR count). The third kappa shape index (κ3) is 3.50. The summed E-state index contributed by atoms with van der Waals surface area (Å²) in [6, 6.07) is 8.14. The van der Waals surface area contributed by atoms with Crippen molar-refractivity contribution in [1.29, 1.82) is 0 Å². The van der Waals surface area contributed by atoms with E-state index in [0.29, 0.717) is 0 Å². The van der Waals surface area contributed by atoms with Crippen LogP contribution in [0.25, 0.3) is 0 Å². The summed E-state index contributed by atoms with van der Waals surface area (Å²) in [4.78, 5) is 2.07. The molecule has 3 heteroatoms. The fourth-order valence-corrected chi connectivity index (χ4v) is 1.34. The van der Waals surface area contributed by atoms with Gasteiger partial charge in [0.05, 0.1) is 6.61 Å². The Morgan fingerprint density at radius 2 is 2.14 bits per heavy atom. The Kier molecular flexibility index (Phi) is 4.66. The Labute approximate surface area is 90.3 Å². The lowest BCUT2D eigenvalue weighted by Crippen LogP contribution is -2.08. The second kappa shape index (κ2) is 5.81. The molecule has 1 aromatic rings. The van der Waals surface area contributed by atoms with Crippen LogP contribution in [0.1, 0.15) is 0 Å². The second-order valence-electron chi connectivity index (χ2n) is 3.23. The van der Waals surface area contributed by atoms with Crippen molar-refractivity contribution >= 4 is 17.4 Å². The van der Waals surface area contributed by atoms with E-state index in [9.17, 15) is 0 Å². The van der Waals surface area contributed by atoms with Crippen molar-refractivity contribution in [1.82, 2.24) is 0 Å². The standard InChI is InChI=1S/C11H17NOS/c1-12(2)10-5-4-6-11(9-10)13-7-8-14-3/h4-6,9H,7-8H2,1-3H3. The zero-order valence-corrected chi connectivity index (χ0v) is 9.80. The van der Waals surface area contributed by atoms with Gasteiger partial charge in [-0.15, -0.1) is 0 Å². The zero-order chi connectivity index (χ0) is 10.4. The van der Waals surface area contributed by atoms with E-state index in [1.807, 2.05) is 26.2 Å². The van der Waals surface area contributed by atoms with Gasteiger partial charge < -0.3 is 9.64 Å². The smallest absolute Gasteiger partial charge is 0.121 e. The molecule has 0 unspecified atom stereocenters. The van der Waals surface area contributed by atoms with E-state index in [2.05, 4.69) is 23.3 Å². The van der Waals surface area contributed by atoms with Crippen molar-refractivity contribution in [3.63, 3.8) is 0 Å². The van der Waals surface area contributed by atoms with E-state index in [1.54, 1.807) is 11.8 Å². The second-order valence-corrected chi connectivity index (χ2v) is 4.22. The Bertz CT molecular complexity index is 276. The maximum atomic E-state index is 5.59. The minimum atomic E-state index is 0.776. The molecule has 14 heavy (non-hydrogen) atoms. The van der Waals surface area contributed by atoms with Crippen LogP contribution in [-0.4, -0.2) is 32.7 Å². The van der Waals surface area contributed by atoms with Gasteiger partial charge in [0, 0.05) is 31.6 Å². The minimum Gasteiger partial charge on any atom is -0.493 e. The molecular formula is C11H17NOS. The largest absolute Gasteiger partial charge is 0.493 e. The first-order chi connectivity index (χ1) is 6.74. The highest BCUT2D eigenvalue weighted by molar-refractivity contribution is 7.98. The molecule has 0 bridgehead atoms. The van der Waals surface area contributed by atoms with Gasteiger partial charge in [-0.3, -0.25) is 0 Å².